The van der Waals surface area contributed by atoms with E-state index in [1.807, 2.05) is 57.8 Å². The minimum atomic E-state index is -4.94. The zero-order valence-electron chi connectivity index (χ0n) is 15.1. The molecule has 0 saturated heterocycles. The van der Waals surface area contributed by atoms with Crippen LogP contribution in [0.1, 0.15) is 28.6 Å². The van der Waals surface area contributed by atoms with Crippen LogP contribution in [0.15, 0.2) is 16.7 Å². The van der Waals surface area contributed by atoms with Crippen molar-refractivity contribution in [3.63, 3.8) is 0 Å². The number of hydrogen-bond acceptors (Lipinski definition) is 6. The average Bonchev–Trinajstić information content (AvgIpc) is 3.30. The van der Waals surface area contributed by atoms with Crippen LogP contribution in [-0.2, 0) is 21.8 Å². The molecule has 1 heterocycles. The molecule has 1 aromatic heterocycles. The van der Waals surface area contributed by atoms with E-state index in [-0.39, 0.29) is 23.0 Å². The molecule has 2 aliphatic rings. The minimum Gasteiger partial charge on any atom is -0.462 e. The van der Waals surface area contributed by atoms with Gasteiger partial charge in [0.1, 0.15) is 0 Å². The van der Waals surface area contributed by atoms with Crippen LogP contribution in [0.25, 0.3) is 0 Å². The summed E-state index contributed by atoms with van der Waals surface area (Å²) in [6, 6.07) is 1.80. The molecule has 2 fully saturated rings. The van der Waals surface area contributed by atoms with Crippen LogP contribution >= 0.6 is 0 Å². The van der Waals surface area contributed by atoms with Crippen molar-refractivity contribution in [2.45, 2.75) is 13.8 Å². The Bertz CT molecular complexity index is 554. The van der Waals surface area contributed by atoms with Crippen molar-refractivity contribution in [1.29, 1.82) is 0 Å². The Labute approximate surface area is 179 Å². The van der Waals surface area contributed by atoms with Crippen molar-refractivity contribution in [2.75, 3.05) is 6.61 Å². The fourth-order valence-corrected chi connectivity index (χ4v) is 1.96. The van der Waals surface area contributed by atoms with Crippen LogP contribution in [0.4, 0.5) is 0 Å². The second kappa shape index (κ2) is 14.3. The van der Waals surface area contributed by atoms with Crippen LogP contribution in [0.3, 0.4) is 0 Å². The molecule has 0 atom stereocenters. The van der Waals surface area contributed by atoms with Gasteiger partial charge in [-0.25, -0.2) is 27.8 Å². The van der Waals surface area contributed by atoms with E-state index in [4.69, 9.17) is 27.8 Å². The molecule has 3 rings (SSSR count). The van der Waals surface area contributed by atoms with Crippen molar-refractivity contribution in [3.8, 4) is 0 Å². The van der Waals surface area contributed by atoms with Crippen LogP contribution < -0.4 is 18.6 Å². The van der Waals surface area contributed by atoms with Crippen molar-refractivity contribution in [3.05, 3.63) is 92.9 Å². The van der Waals surface area contributed by atoms with Gasteiger partial charge in [-0.05, 0) is 70.8 Å². The number of esters is 1. The Balaban J connectivity index is 0.000000547. The Hall–Kier alpha value is -0.731. The molecule has 10 radical (unpaired) electrons. The van der Waals surface area contributed by atoms with Gasteiger partial charge in [-0.2, -0.15) is 0 Å². The van der Waals surface area contributed by atoms with Crippen LogP contribution in [0.5, 0.6) is 0 Å². The number of aryl methyl sites for hydroxylation is 1. The number of rotatable bonds is 3. The van der Waals surface area contributed by atoms with Gasteiger partial charge in [0.15, 0.2) is 5.56 Å². The van der Waals surface area contributed by atoms with E-state index >= 15 is 0 Å². The Morgan fingerprint density at radius 1 is 1.00 bits per heavy atom. The van der Waals surface area contributed by atoms with Gasteiger partial charge >= 0.3 is 18.0 Å². The quantitative estimate of drug-likeness (QED) is 0.330. The summed E-state index contributed by atoms with van der Waals surface area (Å²) in [7, 11) is -4.94. The van der Waals surface area contributed by atoms with Crippen LogP contribution in [-0.4, -0.2) is 12.6 Å². The molecular weight excluding hydrogens is 432 g/mol. The maximum Gasteiger partial charge on any atom is 0.347 e. The first-order valence-corrected chi connectivity index (χ1v) is 9.06. The third kappa shape index (κ3) is 12.0. The van der Waals surface area contributed by atoms with Crippen molar-refractivity contribution >= 4 is 5.97 Å². The fraction of sp³-hybridized carbons (Fsp3) is 0.158. The molecule has 0 unspecified atom stereocenters. The molecule has 0 bridgehead atoms. The summed E-state index contributed by atoms with van der Waals surface area (Å²) in [4.78, 5) is 11.7. The number of halogens is 1. The Morgan fingerprint density at radius 3 is 1.89 bits per heavy atom. The van der Waals surface area contributed by atoms with E-state index in [0.29, 0.717) is 17.9 Å². The standard InChI is InChI=1S/C14H14O3.C5H5.ClHO4.Fe/c1-3-16-14(15)13-8-12(9-17-10(13)2)11-6-4-5-7-11;1-2-4-5-3-1;2-1(3,4)5;/h4-9H,3H2,1-2H3;1-5H;(H,2,3,4,5);/q+1;;;/p-1. The maximum atomic E-state index is 11.7. The van der Waals surface area contributed by atoms with E-state index < -0.39 is 10.2 Å². The molecule has 0 amide bonds. The maximum absolute atomic E-state index is 11.7. The van der Waals surface area contributed by atoms with Gasteiger partial charge in [0.2, 0.25) is 0 Å². The average molecular weight is 451 g/mol. The van der Waals surface area contributed by atoms with Gasteiger partial charge in [0, 0.05) is 23.0 Å². The molecule has 1 aromatic rings. The van der Waals surface area contributed by atoms with Crippen LogP contribution in [0.2, 0.25) is 0 Å². The number of hydrogen-bond donors (Lipinski definition) is 0. The summed E-state index contributed by atoms with van der Waals surface area (Å²) in [5.41, 5.74) is 1.36. The molecule has 7 nitrogen and oxygen atoms in total. The predicted octanol–water partition coefficient (Wildman–Crippen LogP) is -0.938. The predicted molar refractivity (Wildman–Crippen MR) is 84.9 cm³/mol. The second-order valence-electron chi connectivity index (χ2n) is 5.04. The SMILES string of the molecule is CCOC(=O)c1cc([C]2[CH][CH][CH][CH]2)c[o+]c1C.[CH]1[CH][CH][CH][CH]1.[Fe].[O-][Cl+3]([O-])([O-])[O-]. The number of carbonyl (C=O) groups is 1. The molecule has 0 aliphatic heterocycles. The van der Waals surface area contributed by atoms with Gasteiger partial charge in [-0.15, -0.1) is 10.2 Å². The largest absolute Gasteiger partial charge is 0.462 e. The summed E-state index contributed by atoms with van der Waals surface area (Å²) in [6.07, 6.45) is 19.5. The molecular formula is C19H19ClFeO7. The molecule has 152 valence electrons. The monoisotopic (exact) mass is 450 g/mol. The zero-order chi connectivity index (χ0) is 20.3. The first kappa shape index (κ1) is 27.3. The Morgan fingerprint density at radius 2 is 1.46 bits per heavy atom. The molecule has 9 heteroatoms. The van der Waals surface area contributed by atoms with Gasteiger partial charge < -0.3 is 4.74 Å². The van der Waals surface area contributed by atoms with Crippen molar-refractivity contribution in [1.82, 2.24) is 0 Å². The molecule has 0 spiro atoms. The zero-order valence-corrected chi connectivity index (χ0v) is 17.0. The topological polar surface area (TPSA) is 130 Å². The summed E-state index contributed by atoms with van der Waals surface area (Å²) in [5.74, 6) is 1.25. The first-order chi connectivity index (χ1) is 12.7. The van der Waals surface area contributed by atoms with E-state index in [1.165, 1.54) is 0 Å². The fourth-order valence-electron chi connectivity index (χ4n) is 1.96. The van der Waals surface area contributed by atoms with Crippen LogP contribution in [0, 0.1) is 80.9 Å². The van der Waals surface area contributed by atoms with E-state index in [9.17, 15) is 4.79 Å². The summed E-state index contributed by atoms with van der Waals surface area (Å²) >= 11 is 0. The van der Waals surface area contributed by atoms with Gasteiger partial charge in [-0.1, -0.05) is 0 Å². The van der Waals surface area contributed by atoms with Gasteiger partial charge in [0.25, 0.3) is 0 Å². The minimum absolute atomic E-state index is 0. The normalized spacial score (nSPS) is 16.2. The Kier molecular flexibility index (Phi) is 13.9. The van der Waals surface area contributed by atoms with Crippen molar-refractivity contribution < 1.29 is 59.9 Å². The third-order valence-corrected chi connectivity index (χ3v) is 3.09. The van der Waals surface area contributed by atoms with E-state index in [0.717, 1.165) is 11.5 Å². The molecule has 28 heavy (non-hydrogen) atoms. The molecule has 0 N–H and O–H groups in total. The first-order valence-electron chi connectivity index (χ1n) is 7.82. The number of carbonyl (C=O) groups excluding carboxylic acids is 1. The van der Waals surface area contributed by atoms with Gasteiger partial charge in [-0.3, -0.25) is 0 Å². The third-order valence-electron chi connectivity index (χ3n) is 3.09. The molecule has 0 aromatic carbocycles. The summed E-state index contributed by atoms with van der Waals surface area (Å²) < 4.78 is 44.3. The van der Waals surface area contributed by atoms with E-state index in [1.54, 1.807) is 26.2 Å². The molecule has 2 saturated carbocycles. The van der Waals surface area contributed by atoms with E-state index in [2.05, 4.69) is 0 Å². The number of ether oxygens (including phenoxy) is 1. The molecule has 2 aliphatic carbocycles. The second-order valence-corrected chi connectivity index (χ2v) is 5.80. The summed E-state index contributed by atoms with van der Waals surface area (Å²) in [6.45, 7) is 3.89. The van der Waals surface area contributed by atoms with Crippen molar-refractivity contribution in [2.24, 2.45) is 0 Å². The smallest absolute Gasteiger partial charge is 0.347 e. The van der Waals surface area contributed by atoms with Gasteiger partial charge in [0.05, 0.1) is 19.1 Å². The summed E-state index contributed by atoms with van der Waals surface area (Å²) in [5, 5.41) is 0.